The van der Waals surface area contributed by atoms with Crippen LogP contribution in [0.2, 0.25) is 0 Å². The third kappa shape index (κ3) is 1.57. The van der Waals surface area contributed by atoms with Crippen LogP contribution in [0.15, 0.2) is 24.3 Å². The van der Waals surface area contributed by atoms with Crippen molar-refractivity contribution in [2.24, 2.45) is 0 Å². The first kappa shape index (κ1) is 8.61. The second kappa shape index (κ2) is 3.77. The van der Waals surface area contributed by atoms with Gasteiger partial charge in [0.05, 0.1) is 12.7 Å². The lowest BCUT2D eigenvalue weighted by atomic mass is 10.1. The molecule has 0 N–H and O–H groups in total. The number of hydrogen-bond donors (Lipinski definition) is 0. The van der Waals surface area contributed by atoms with Crippen LogP contribution in [0.5, 0.6) is 5.75 Å². The summed E-state index contributed by atoms with van der Waals surface area (Å²) in [6.07, 6.45) is 0. The smallest absolute Gasteiger partial charge is 0.249 e. The Morgan fingerprint density at radius 3 is 2.67 bits per heavy atom. The first-order valence-electron chi connectivity index (χ1n) is 3.79. The van der Waals surface area contributed by atoms with E-state index >= 15 is 0 Å². The van der Waals surface area contributed by atoms with E-state index in [1.54, 1.807) is 7.11 Å². The monoisotopic (exact) mass is 161 g/mol. The van der Waals surface area contributed by atoms with Crippen LogP contribution >= 0.6 is 0 Å². The number of para-hydroxylation sites is 1. The highest BCUT2D eigenvalue weighted by Crippen LogP contribution is 2.26. The minimum Gasteiger partial charge on any atom is -0.496 e. The van der Waals surface area contributed by atoms with Gasteiger partial charge in [-0.05, 0) is 12.1 Å². The van der Waals surface area contributed by atoms with Gasteiger partial charge in [0.15, 0.2) is 0 Å². The summed E-state index contributed by atoms with van der Waals surface area (Å²) in [6, 6.07) is 7.48. The largest absolute Gasteiger partial charge is 0.496 e. The molecule has 0 aliphatic rings. The Morgan fingerprint density at radius 1 is 1.42 bits per heavy atom. The number of benzene rings is 1. The molecule has 0 bridgehead atoms. The molecule has 1 atom stereocenters. The molecule has 0 heterocycles. The number of rotatable bonds is 2. The van der Waals surface area contributed by atoms with Crippen LogP contribution in [0.4, 0.5) is 0 Å². The second-order valence-electron chi connectivity index (χ2n) is 2.55. The highest BCUT2D eigenvalue weighted by Gasteiger charge is 2.12. The van der Waals surface area contributed by atoms with Gasteiger partial charge < -0.3 is 9.58 Å². The van der Waals surface area contributed by atoms with E-state index in [0.29, 0.717) is 0 Å². The summed E-state index contributed by atoms with van der Waals surface area (Å²) >= 11 is 0. The molecule has 0 saturated carbocycles. The van der Waals surface area contributed by atoms with Gasteiger partial charge in [0.1, 0.15) is 5.75 Å². The molecule has 62 valence electrons. The molecule has 12 heavy (non-hydrogen) atoms. The Morgan fingerprint density at radius 2 is 2.08 bits per heavy atom. The third-order valence-electron chi connectivity index (χ3n) is 1.78. The predicted octanol–water partition coefficient (Wildman–Crippen LogP) is 2.68. The minimum absolute atomic E-state index is 0.124. The van der Waals surface area contributed by atoms with E-state index in [9.17, 15) is 0 Å². The van der Waals surface area contributed by atoms with Crippen LogP contribution in [0, 0.1) is 6.57 Å². The summed E-state index contributed by atoms with van der Waals surface area (Å²) in [5.41, 5.74) is 0.954. The quantitative estimate of drug-likeness (QED) is 0.608. The molecule has 0 radical (unpaired) electrons. The van der Waals surface area contributed by atoms with Gasteiger partial charge in [0.2, 0.25) is 6.04 Å². The number of ether oxygens (including phenoxy) is 1. The maximum absolute atomic E-state index is 6.89. The summed E-state index contributed by atoms with van der Waals surface area (Å²) in [5, 5.41) is 0. The van der Waals surface area contributed by atoms with Crippen LogP contribution < -0.4 is 4.74 Å². The first-order valence-corrected chi connectivity index (χ1v) is 3.79. The lowest BCUT2D eigenvalue weighted by molar-refractivity contribution is 0.408. The highest BCUT2D eigenvalue weighted by molar-refractivity contribution is 5.36. The number of nitrogens with zero attached hydrogens (tertiary/aromatic N) is 1. The zero-order valence-corrected chi connectivity index (χ0v) is 7.24. The minimum atomic E-state index is -0.124. The zero-order valence-electron chi connectivity index (χ0n) is 7.24. The van der Waals surface area contributed by atoms with Crippen LogP contribution in [-0.2, 0) is 0 Å². The second-order valence-corrected chi connectivity index (χ2v) is 2.55. The molecule has 0 spiro atoms. The van der Waals surface area contributed by atoms with Crippen molar-refractivity contribution >= 4 is 0 Å². The van der Waals surface area contributed by atoms with E-state index in [-0.39, 0.29) is 6.04 Å². The molecule has 1 aromatic rings. The van der Waals surface area contributed by atoms with Crippen LogP contribution in [0.3, 0.4) is 0 Å². The molecule has 0 amide bonds. The standard InChI is InChI=1S/C10H11NO/c1-8(11-2)9-6-4-5-7-10(9)12-3/h4-8H,1,3H3. The Balaban J connectivity index is 3.06. The van der Waals surface area contributed by atoms with E-state index in [0.717, 1.165) is 11.3 Å². The topological polar surface area (TPSA) is 13.6 Å². The Kier molecular flexibility index (Phi) is 2.71. The van der Waals surface area contributed by atoms with Crippen molar-refractivity contribution in [3.05, 3.63) is 41.2 Å². The molecular formula is C10H11NO. The molecule has 0 aliphatic heterocycles. The van der Waals surface area contributed by atoms with Crippen molar-refractivity contribution in [1.29, 1.82) is 0 Å². The molecule has 1 rings (SSSR count). The molecule has 1 aromatic carbocycles. The summed E-state index contributed by atoms with van der Waals surface area (Å²) in [5.74, 6) is 0.793. The fourth-order valence-electron chi connectivity index (χ4n) is 1.08. The SMILES string of the molecule is [C-]#[N+]C(C)c1ccccc1OC. The van der Waals surface area contributed by atoms with Gasteiger partial charge in [-0.2, -0.15) is 0 Å². The van der Waals surface area contributed by atoms with Gasteiger partial charge in [-0.25, -0.2) is 6.57 Å². The normalized spacial score (nSPS) is 11.8. The van der Waals surface area contributed by atoms with E-state index in [2.05, 4.69) is 4.85 Å². The van der Waals surface area contributed by atoms with Crippen molar-refractivity contribution in [2.75, 3.05) is 7.11 Å². The zero-order chi connectivity index (χ0) is 8.97. The first-order chi connectivity index (χ1) is 5.79. The summed E-state index contributed by atoms with van der Waals surface area (Å²) in [7, 11) is 1.62. The summed E-state index contributed by atoms with van der Waals surface area (Å²) < 4.78 is 5.12. The van der Waals surface area contributed by atoms with Crippen molar-refractivity contribution in [1.82, 2.24) is 0 Å². The van der Waals surface area contributed by atoms with Crippen molar-refractivity contribution in [3.8, 4) is 5.75 Å². The molecule has 2 heteroatoms. The van der Waals surface area contributed by atoms with Crippen molar-refractivity contribution < 1.29 is 4.74 Å². The lowest BCUT2D eigenvalue weighted by Crippen LogP contribution is -1.92. The van der Waals surface area contributed by atoms with Crippen molar-refractivity contribution in [3.63, 3.8) is 0 Å². The summed E-state index contributed by atoms with van der Waals surface area (Å²) in [4.78, 5) is 3.44. The predicted molar refractivity (Wildman–Crippen MR) is 48.0 cm³/mol. The summed E-state index contributed by atoms with van der Waals surface area (Å²) in [6.45, 7) is 8.75. The van der Waals surface area contributed by atoms with E-state index in [1.807, 2.05) is 31.2 Å². The number of methoxy groups -OCH3 is 1. The highest BCUT2D eigenvalue weighted by atomic mass is 16.5. The van der Waals surface area contributed by atoms with Gasteiger partial charge in [0.25, 0.3) is 0 Å². The van der Waals surface area contributed by atoms with Crippen molar-refractivity contribution in [2.45, 2.75) is 13.0 Å². The van der Waals surface area contributed by atoms with E-state index in [1.165, 1.54) is 0 Å². The van der Waals surface area contributed by atoms with E-state index < -0.39 is 0 Å². The lowest BCUT2D eigenvalue weighted by Gasteiger charge is -2.05. The van der Waals surface area contributed by atoms with Gasteiger partial charge in [-0.15, -0.1) is 0 Å². The molecule has 0 fully saturated rings. The Labute approximate surface area is 72.6 Å². The molecular weight excluding hydrogens is 150 g/mol. The van der Waals surface area contributed by atoms with Gasteiger partial charge in [0, 0.05) is 6.92 Å². The Hall–Kier alpha value is -1.49. The molecule has 0 aromatic heterocycles. The molecule has 0 aliphatic carbocycles. The van der Waals surface area contributed by atoms with Gasteiger partial charge in [-0.3, -0.25) is 0 Å². The average Bonchev–Trinajstić information content (AvgIpc) is 2.16. The maximum Gasteiger partial charge on any atom is 0.249 e. The van der Waals surface area contributed by atoms with Gasteiger partial charge in [-0.1, -0.05) is 12.1 Å². The molecule has 1 unspecified atom stereocenters. The van der Waals surface area contributed by atoms with Crippen LogP contribution in [0.1, 0.15) is 18.5 Å². The van der Waals surface area contributed by atoms with E-state index in [4.69, 9.17) is 11.3 Å². The molecule has 0 saturated heterocycles. The molecule has 2 nitrogen and oxygen atoms in total. The van der Waals surface area contributed by atoms with Crippen LogP contribution in [-0.4, -0.2) is 7.11 Å². The number of hydrogen-bond acceptors (Lipinski definition) is 1. The fourth-order valence-corrected chi connectivity index (χ4v) is 1.08. The maximum atomic E-state index is 6.89. The average molecular weight is 161 g/mol. The Bertz CT molecular complexity index is 301. The fraction of sp³-hybridized carbons (Fsp3) is 0.300. The third-order valence-corrected chi connectivity index (χ3v) is 1.78. The van der Waals surface area contributed by atoms with Crippen LogP contribution in [0.25, 0.3) is 4.85 Å². The van der Waals surface area contributed by atoms with Gasteiger partial charge >= 0.3 is 0 Å².